The van der Waals surface area contributed by atoms with Crippen molar-refractivity contribution in [2.45, 2.75) is 39.7 Å². The van der Waals surface area contributed by atoms with Crippen LogP contribution < -0.4 is 5.32 Å². The molecule has 0 aliphatic rings. The van der Waals surface area contributed by atoms with E-state index in [1.807, 2.05) is 40.9 Å². The molecule has 0 spiro atoms. The minimum Gasteiger partial charge on any atom is -0.459 e. The van der Waals surface area contributed by atoms with Crippen LogP contribution in [0.5, 0.6) is 0 Å². The molecule has 0 fully saturated rings. The van der Waals surface area contributed by atoms with Gasteiger partial charge in [-0.2, -0.15) is 5.10 Å². The Bertz CT molecular complexity index is 391. The second-order valence-electron chi connectivity index (χ2n) is 4.96. The summed E-state index contributed by atoms with van der Waals surface area (Å²) in [5.74, 6) is -0.261. The average Bonchev–Trinajstić information content (AvgIpc) is 2.53. The lowest BCUT2D eigenvalue weighted by molar-refractivity contribution is -0.152. The first-order valence-corrected chi connectivity index (χ1v) is 5.80. The van der Waals surface area contributed by atoms with E-state index in [0.717, 1.165) is 17.8 Å². The van der Waals surface area contributed by atoms with Crippen LogP contribution in [0.2, 0.25) is 0 Å². The van der Waals surface area contributed by atoms with Crippen molar-refractivity contribution in [1.29, 1.82) is 0 Å². The van der Waals surface area contributed by atoms with Crippen LogP contribution in [0.1, 0.15) is 33.4 Å². The topological polar surface area (TPSA) is 56.2 Å². The zero-order chi connectivity index (χ0) is 13.1. The molecule has 1 aromatic rings. The highest BCUT2D eigenvalue weighted by atomic mass is 16.6. The Hall–Kier alpha value is -1.52. The summed E-state index contributed by atoms with van der Waals surface area (Å²) in [6, 6.07) is 0. The zero-order valence-electron chi connectivity index (χ0n) is 11.2. The summed E-state index contributed by atoms with van der Waals surface area (Å²) in [6.45, 7) is 7.75. The molecular weight excluding hydrogens is 218 g/mol. The molecule has 0 aliphatic carbocycles. The SMILES string of the molecule is CCc1nn(C)cc1NCC(=O)OC(C)(C)C. The molecule has 17 heavy (non-hydrogen) atoms. The zero-order valence-corrected chi connectivity index (χ0v) is 11.2. The van der Waals surface area contributed by atoms with Crippen molar-refractivity contribution in [2.24, 2.45) is 7.05 Å². The molecule has 1 heterocycles. The largest absolute Gasteiger partial charge is 0.459 e. The van der Waals surface area contributed by atoms with Gasteiger partial charge in [-0.05, 0) is 27.2 Å². The van der Waals surface area contributed by atoms with Gasteiger partial charge in [0.1, 0.15) is 12.1 Å². The van der Waals surface area contributed by atoms with Gasteiger partial charge >= 0.3 is 5.97 Å². The third kappa shape index (κ3) is 4.46. The molecule has 96 valence electrons. The Balaban J connectivity index is 2.53. The Morgan fingerprint density at radius 2 is 2.18 bits per heavy atom. The maximum Gasteiger partial charge on any atom is 0.325 e. The average molecular weight is 239 g/mol. The van der Waals surface area contributed by atoms with Crippen molar-refractivity contribution in [3.8, 4) is 0 Å². The minimum atomic E-state index is -0.443. The fourth-order valence-corrected chi connectivity index (χ4v) is 1.49. The summed E-state index contributed by atoms with van der Waals surface area (Å²) >= 11 is 0. The third-order valence-corrected chi connectivity index (χ3v) is 2.08. The number of ether oxygens (including phenoxy) is 1. The number of aryl methyl sites for hydroxylation is 2. The predicted octanol–water partition coefficient (Wildman–Crippen LogP) is 1.74. The van der Waals surface area contributed by atoms with Crippen molar-refractivity contribution >= 4 is 11.7 Å². The first-order chi connectivity index (χ1) is 7.81. The normalized spacial score (nSPS) is 11.4. The summed E-state index contributed by atoms with van der Waals surface area (Å²) in [5, 5.41) is 7.33. The molecule has 0 aliphatic heterocycles. The van der Waals surface area contributed by atoms with Crippen LogP contribution in [-0.2, 0) is 23.0 Å². The van der Waals surface area contributed by atoms with Crippen molar-refractivity contribution < 1.29 is 9.53 Å². The van der Waals surface area contributed by atoms with Gasteiger partial charge in [-0.3, -0.25) is 9.48 Å². The highest BCUT2D eigenvalue weighted by Gasteiger charge is 2.16. The lowest BCUT2D eigenvalue weighted by atomic mass is 10.2. The van der Waals surface area contributed by atoms with Gasteiger partial charge in [-0.25, -0.2) is 0 Å². The van der Waals surface area contributed by atoms with Gasteiger partial charge in [0.25, 0.3) is 0 Å². The second kappa shape index (κ2) is 5.21. The number of esters is 1. The van der Waals surface area contributed by atoms with Gasteiger partial charge in [0.2, 0.25) is 0 Å². The Morgan fingerprint density at radius 1 is 1.53 bits per heavy atom. The van der Waals surface area contributed by atoms with Crippen LogP contribution in [0.25, 0.3) is 0 Å². The first kappa shape index (κ1) is 13.5. The number of nitrogens with one attached hydrogen (secondary N) is 1. The van der Waals surface area contributed by atoms with E-state index in [0.29, 0.717) is 0 Å². The van der Waals surface area contributed by atoms with E-state index >= 15 is 0 Å². The monoisotopic (exact) mass is 239 g/mol. The highest BCUT2D eigenvalue weighted by molar-refractivity contribution is 5.75. The number of hydrogen-bond donors (Lipinski definition) is 1. The number of carbonyl (C=O) groups is 1. The van der Waals surface area contributed by atoms with Gasteiger partial charge < -0.3 is 10.1 Å². The molecule has 0 unspecified atom stereocenters. The smallest absolute Gasteiger partial charge is 0.325 e. The summed E-state index contributed by atoms with van der Waals surface area (Å²) < 4.78 is 6.94. The lowest BCUT2D eigenvalue weighted by Crippen LogP contribution is -2.28. The molecule has 0 amide bonds. The van der Waals surface area contributed by atoms with Crippen molar-refractivity contribution in [2.75, 3.05) is 11.9 Å². The third-order valence-electron chi connectivity index (χ3n) is 2.08. The van der Waals surface area contributed by atoms with Crippen LogP contribution >= 0.6 is 0 Å². The van der Waals surface area contributed by atoms with E-state index in [2.05, 4.69) is 10.4 Å². The fraction of sp³-hybridized carbons (Fsp3) is 0.667. The first-order valence-electron chi connectivity index (χ1n) is 5.80. The van der Waals surface area contributed by atoms with Crippen molar-refractivity contribution in [1.82, 2.24) is 9.78 Å². The molecule has 5 heteroatoms. The van der Waals surface area contributed by atoms with E-state index in [-0.39, 0.29) is 12.5 Å². The fourth-order valence-electron chi connectivity index (χ4n) is 1.49. The second-order valence-corrected chi connectivity index (χ2v) is 4.96. The molecule has 5 nitrogen and oxygen atoms in total. The lowest BCUT2D eigenvalue weighted by Gasteiger charge is -2.19. The maximum absolute atomic E-state index is 11.5. The van der Waals surface area contributed by atoms with Crippen LogP contribution in [0.15, 0.2) is 6.20 Å². The van der Waals surface area contributed by atoms with Gasteiger partial charge in [-0.1, -0.05) is 6.92 Å². The van der Waals surface area contributed by atoms with Crippen molar-refractivity contribution in [3.05, 3.63) is 11.9 Å². The number of aromatic nitrogens is 2. The van der Waals surface area contributed by atoms with E-state index in [1.54, 1.807) is 4.68 Å². The van der Waals surface area contributed by atoms with Crippen LogP contribution in [-0.4, -0.2) is 27.9 Å². The van der Waals surface area contributed by atoms with Crippen molar-refractivity contribution in [3.63, 3.8) is 0 Å². The summed E-state index contributed by atoms with van der Waals surface area (Å²) in [7, 11) is 1.86. The highest BCUT2D eigenvalue weighted by Crippen LogP contribution is 2.13. The number of hydrogen-bond acceptors (Lipinski definition) is 4. The maximum atomic E-state index is 11.5. The molecule has 1 aromatic heterocycles. The number of nitrogens with zero attached hydrogens (tertiary/aromatic N) is 2. The van der Waals surface area contributed by atoms with Crippen LogP contribution in [0, 0.1) is 0 Å². The molecule has 1 N–H and O–H groups in total. The van der Waals surface area contributed by atoms with Gasteiger partial charge in [0.05, 0.1) is 11.4 Å². The number of anilines is 1. The van der Waals surface area contributed by atoms with Gasteiger partial charge in [0, 0.05) is 13.2 Å². The molecule has 0 atom stereocenters. The minimum absolute atomic E-state index is 0.163. The van der Waals surface area contributed by atoms with E-state index in [9.17, 15) is 4.79 Å². The molecule has 0 saturated carbocycles. The molecule has 0 bridgehead atoms. The van der Waals surface area contributed by atoms with E-state index in [4.69, 9.17) is 4.74 Å². The molecule has 1 rings (SSSR count). The Morgan fingerprint density at radius 3 is 2.71 bits per heavy atom. The molecular formula is C12H21N3O2. The quantitative estimate of drug-likeness (QED) is 0.813. The molecule has 0 radical (unpaired) electrons. The van der Waals surface area contributed by atoms with Gasteiger partial charge in [-0.15, -0.1) is 0 Å². The Labute approximate surface area is 102 Å². The summed E-state index contributed by atoms with van der Waals surface area (Å²) in [4.78, 5) is 11.5. The van der Waals surface area contributed by atoms with Crippen LogP contribution in [0.4, 0.5) is 5.69 Å². The summed E-state index contributed by atoms with van der Waals surface area (Å²) in [6.07, 6.45) is 2.70. The van der Waals surface area contributed by atoms with Gasteiger partial charge in [0.15, 0.2) is 0 Å². The van der Waals surface area contributed by atoms with E-state index in [1.165, 1.54) is 0 Å². The van der Waals surface area contributed by atoms with E-state index < -0.39 is 5.60 Å². The predicted molar refractivity (Wildman–Crippen MR) is 66.9 cm³/mol. The standard InChI is InChI=1S/C12H21N3O2/c1-6-9-10(8-15(5)14-9)13-7-11(16)17-12(2,3)4/h8,13H,6-7H2,1-5H3. The Kier molecular flexibility index (Phi) is 4.15. The number of carbonyl (C=O) groups excluding carboxylic acids is 1. The molecule has 0 aromatic carbocycles. The number of rotatable bonds is 4. The molecule has 0 saturated heterocycles. The van der Waals surface area contributed by atoms with Crippen LogP contribution in [0.3, 0.4) is 0 Å². The summed E-state index contributed by atoms with van der Waals surface area (Å²) in [5.41, 5.74) is 1.40.